The van der Waals surface area contributed by atoms with Crippen LogP contribution in [-0.2, 0) is 0 Å². The SMILES string of the molecule is O=C(O)c1cccc(F)c1OF.OB(O)O.[LiH]. The summed E-state index contributed by atoms with van der Waals surface area (Å²) in [5, 5.41) is 29.9. The molecule has 0 aliphatic carbocycles. The van der Waals surface area contributed by atoms with E-state index in [0.717, 1.165) is 18.2 Å². The van der Waals surface area contributed by atoms with Gasteiger partial charge in [0.15, 0.2) is 5.82 Å². The number of rotatable bonds is 2. The van der Waals surface area contributed by atoms with Crippen molar-refractivity contribution in [2.45, 2.75) is 0 Å². The van der Waals surface area contributed by atoms with Gasteiger partial charge in [-0.15, -0.1) is 0 Å². The van der Waals surface area contributed by atoms with Gasteiger partial charge >= 0.3 is 32.2 Å². The van der Waals surface area contributed by atoms with Crippen LogP contribution in [0.3, 0.4) is 0 Å². The van der Waals surface area contributed by atoms with E-state index in [-0.39, 0.29) is 18.9 Å². The molecule has 0 saturated carbocycles. The Balaban J connectivity index is 0. The molecule has 0 aromatic heterocycles. The zero-order chi connectivity index (χ0) is 12.7. The quantitative estimate of drug-likeness (QED) is 0.501. The van der Waals surface area contributed by atoms with Gasteiger partial charge in [-0.05, 0) is 12.1 Å². The van der Waals surface area contributed by atoms with Gasteiger partial charge in [0.2, 0.25) is 5.75 Å². The molecule has 6 nitrogen and oxygen atoms in total. The number of carbonyl (C=O) groups is 1. The maximum atomic E-state index is 12.6. The van der Waals surface area contributed by atoms with Crippen molar-refractivity contribution in [3.05, 3.63) is 29.6 Å². The third-order valence-corrected chi connectivity index (χ3v) is 1.27. The van der Waals surface area contributed by atoms with Crippen LogP contribution in [0.5, 0.6) is 5.75 Å². The van der Waals surface area contributed by atoms with Crippen LogP contribution in [0.4, 0.5) is 8.92 Å². The summed E-state index contributed by atoms with van der Waals surface area (Å²) in [5.41, 5.74) is -0.544. The fourth-order valence-corrected chi connectivity index (χ4v) is 0.756. The summed E-state index contributed by atoms with van der Waals surface area (Å²) in [5.74, 6) is -3.38. The minimum atomic E-state index is -2.17. The zero-order valence-electron chi connectivity index (χ0n) is 7.67. The molecule has 90 valence electrons. The summed E-state index contributed by atoms with van der Waals surface area (Å²) >= 11 is 0. The Morgan fingerprint density at radius 1 is 1.29 bits per heavy atom. The van der Waals surface area contributed by atoms with Gasteiger partial charge in [0, 0.05) is 4.53 Å². The third-order valence-electron chi connectivity index (χ3n) is 1.27. The number of hydrogen-bond donors (Lipinski definition) is 4. The molecular formula is C7H8BF2LiO6. The van der Waals surface area contributed by atoms with E-state index >= 15 is 0 Å². The Bertz CT molecular complexity index is 361. The molecule has 0 unspecified atom stereocenters. The molecule has 0 fully saturated rings. The molecule has 1 rings (SSSR count). The molecule has 0 amide bonds. The Morgan fingerprint density at radius 3 is 2.06 bits per heavy atom. The van der Waals surface area contributed by atoms with Gasteiger partial charge in [-0.2, -0.15) is 0 Å². The van der Waals surface area contributed by atoms with Crippen LogP contribution in [-0.4, -0.2) is 52.3 Å². The first-order chi connectivity index (χ1) is 7.40. The normalized spacial score (nSPS) is 8.29. The number of carboxylic acids is 1. The van der Waals surface area contributed by atoms with Gasteiger partial charge in [-0.25, -0.2) is 9.18 Å². The van der Waals surface area contributed by atoms with E-state index in [0.29, 0.717) is 0 Å². The average molecular weight is 244 g/mol. The number of halogens is 2. The van der Waals surface area contributed by atoms with Crippen LogP contribution in [0.15, 0.2) is 18.2 Å². The number of para-hydroxylation sites is 1. The van der Waals surface area contributed by atoms with Crippen molar-refractivity contribution in [1.29, 1.82) is 0 Å². The fraction of sp³-hybridized carbons (Fsp3) is 0. The molecule has 0 spiro atoms. The first-order valence-corrected chi connectivity index (χ1v) is 3.74. The molecule has 0 bridgehead atoms. The van der Waals surface area contributed by atoms with E-state index in [1.807, 2.05) is 0 Å². The van der Waals surface area contributed by atoms with E-state index in [4.69, 9.17) is 20.2 Å². The van der Waals surface area contributed by atoms with Gasteiger partial charge in [-0.3, -0.25) is 4.94 Å². The number of hydrogen-bond acceptors (Lipinski definition) is 5. The minimum absolute atomic E-state index is 0. The predicted molar refractivity (Wildman–Crippen MR) is 54.7 cm³/mol. The van der Waals surface area contributed by atoms with Crippen molar-refractivity contribution in [3.8, 4) is 5.75 Å². The first kappa shape index (κ1) is 18.3. The first-order valence-electron chi connectivity index (χ1n) is 3.74. The maximum absolute atomic E-state index is 12.6. The van der Waals surface area contributed by atoms with Crippen molar-refractivity contribution in [2.24, 2.45) is 0 Å². The van der Waals surface area contributed by atoms with Gasteiger partial charge in [-0.1, -0.05) is 6.07 Å². The van der Waals surface area contributed by atoms with E-state index < -0.39 is 30.4 Å². The van der Waals surface area contributed by atoms with Crippen LogP contribution < -0.4 is 4.94 Å². The number of carboxylic acid groups (broad SMARTS) is 1. The summed E-state index contributed by atoms with van der Waals surface area (Å²) in [6.07, 6.45) is 0. The molecule has 0 aliphatic heterocycles. The molecule has 0 heterocycles. The Hall–Kier alpha value is -1.11. The summed E-state index contributed by atoms with van der Waals surface area (Å²) in [6, 6.07) is 3.10. The van der Waals surface area contributed by atoms with Crippen LogP contribution in [0, 0.1) is 5.82 Å². The van der Waals surface area contributed by atoms with Gasteiger partial charge in [0.1, 0.15) is 5.56 Å². The third kappa shape index (κ3) is 6.94. The molecule has 0 atom stereocenters. The second-order valence-electron chi connectivity index (χ2n) is 2.35. The standard InChI is InChI=1S/C7H4F2O3.BH3O3.Li.H/c8-5-3-1-2-4(7(10)11)6(5)12-9;2-1(3)4;;/h1-3H,(H,10,11);2-4H;;. The molecule has 4 N–H and O–H groups in total. The van der Waals surface area contributed by atoms with Gasteiger partial charge in [0.05, 0.1) is 0 Å². The van der Waals surface area contributed by atoms with Crippen LogP contribution in [0.25, 0.3) is 0 Å². The Labute approximate surface area is 107 Å². The summed E-state index contributed by atoms with van der Waals surface area (Å²) in [4.78, 5) is 13.4. The zero-order valence-corrected chi connectivity index (χ0v) is 7.67. The predicted octanol–water partition coefficient (Wildman–Crippen LogP) is -0.913. The van der Waals surface area contributed by atoms with E-state index in [1.54, 1.807) is 0 Å². The van der Waals surface area contributed by atoms with Crippen molar-refractivity contribution in [3.63, 3.8) is 0 Å². The van der Waals surface area contributed by atoms with Crippen LogP contribution in [0.2, 0.25) is 0 Å². The Kier molecular flexibility index (Phi) is 9.64. The van der Waals surface area contributed by atoms with E-state index in [9.17, 15) is 13.7 Å². The van der Waals surface area contributed by atoms with Gasteiger partial charge in [0.25, 0.3) is 0 Å². The van der Waals surface area contributed by atoms with Crippen molar-refractivity contribution in [1.82, 2.24) is 0 Å². The Morgan fingerprint density at radius 2 is 1.76 bits per heavy atom. The van der Waals surface area contributed by atoms with Crippen LogP contribution in [0.1, 0.15) is 10.4 Å². The second-order valence-corrected chi connectivity index (χ2v) is 2.35. The van der Waals surface area contributed by atoms with Crippen molar-refractivity contribution >= 4 is 32.2 Å². The second kappa shape index (κ2) is 8.98. The molecule has 17 heavy (non-hydrogen) atoms. The molecule has 1 aromatic carbocycles. The van der Waals surface area contributed by atoms with Gasteiger partial charge < -0.3 is 20.2 Å². The van der Waals surface area contributed by atoms with E-state index in [1.165, 1.54) is 0 Å². The molecule has 0 aliphatic rings. The summed E-state index contributed by atoms with van der Waals surface area (Å²) in [6.45, 7) is 0. The number of benzene rings is 1. The number of aromatic carboxylic acids is 1. The average Bonchev–Trinajstić information content (AvgIpc) is 2.16. The monoisotopic (exact) mass is 244 g/mol. The van der Waals surface area contributed by atoms with E-state index in [2.05, 4.69) is 4.94 Å². The topological polar surface area (TPSA) is 107 Å². The molecule has 1 aromatic rings. The van der Waals surface area contributed by atoms with Crippen molar-refractivity contribution < 1.29 is 38.8 Å². The van der Waals surface area contributed by atoms with Crippen LogP contribution >= 0.6 is 0 Å². The molecule has 10 heteroatoms. The molecular weight excluding hydrogens is 236 g/mol. The summed E-state index contributed by atoms with van der Waals surface area (Å²) < 4.78 is 24.2. The van der Waals surface area contributed by atoms with Crippen molar-refractivity contribution in [2.75, 3.05) is 0 Å². The molecule has 0 radical (unpaired) electrons. The fourth-order valence-electron chi connectivity index (χ4n) is 0.756. The molecule has 0 saturated heterocycles. The summed E-state index contributed by atoms with van der Waals surface area (Å²) in [7, 11) is -2.17.